The summed E-state index contributed by atoms with van der Waals surface area (Å²) in [5.41, 5.74) is 2.94. The highest BCUT2D eigenvalue weighted by Crippen LogP contribution is 2.59. The van der Waals surface area contributed by atoms with E-state index < -0.39 is 11.2 Å². The normalized spacial score (nSPS) is 37.0. The van der Waals surface area contributed by atoms with Crippen LogP contribution in [0.25, 0.3) is 0 Å². The van der Waals surface area contributed by atoms with Gasteiger partial charge in [-0.15, -0.1) is 0 Å². The molecule has 2 heterocycles. The van der Waals surface area contributed by atoms with E-state index in [0.29, 0.717) is 19.6 Å². The second kappa shape index (κ2) is 4.13. The van der Waals surface area contributed by atoms with Crippen LogP contribution in [0.3, 0.4) is 0 Å². The van der Waals surface area contributed by atoms with Crippen LogP contribution in [0.1, 0.15) is 24.0 Å². The lowest BCUT2D eigenvalue weighted by molar-refractivity contribution is -0.154. The van der Waals surface area contributed by atoms with Crippen molar-refractivity contribution in [2.45, 2.75) is 36.6 Å². The Morgan fingerprint density at radius 3 is 2.77 bits per heavy atom. The summed E-state index contributed by atoms with van der Waals surface area (Å²) in [4.78, 5) is 0. The summed E-state index contributed by atoms with van der Waals surface area (Å²) in [6.45, 7) is 1.23. The predicted octanol–water partition coefficient (Wildman–Crippen LogP) is 2.44. The molecule has 1 saturated heterocycles. The van der Waals surface area contributed by atoms with Crippen LogP contribution in [0, 0.1) is 17.2 Å². The van der Waals surface area contributed by atoms with E-state index in [1.54, 1.807) is 0 Å². The van der Waals surface area contributed by atoms with Gasteiger partial charge in [0.05, 0.1) is 31.0 Å². The van der Waals surface area contributed by atoms with Crippen molar-refractivity contribution in [3.63, 3.8) is 0 Å². The summed E-state index contributed by atoms with van der Waals surface area (Å²) in [6.07, 6.45) is 4.16. The number of hydrogen-bond acceptors (Lipinski definition) is 4. The summed E-state index contributed by atoms with van der Waals surface area (Å²) in [5, 5.41) is 10.1. The molecular weight excluding hydrogens is 278 g/mol. The number of ether oxygens (including phenoxy) is 3. The molecule has 0 aromatic heterocycles. The highest BCUT2D eigenvalue weighted by atomic mass is 16.7. The zero-order valence-electron chi connectivity index (χ0n) is 12.2. The number of fused-ring (bicyclic) bond motifs is 3. The van der Waals surface area contributed by atoms with Gasteiger partial charge in [0.1, 0.15) is 6.10 Å². The summed E-state index contributed by atoms with van der Waals surface area (Å²) >= 11 is 0. The maximum Gasteiger partial charge on any atom is 0.194 e. The summed E-state index contributed by atoms with van der Waals surface area (Å²) < 4.78 is 17.9. The maximum absolute atomic E-state index is 10.1. The molecule has 2 aliphatic heterocycles. The molecule has 0 amide bonds. The average molecular weight is 295 g/mol. The highest BCUT2D eigenvalue weighted by molar-refractivity contribution is 5.50. The van der Waals surface area contributed by atoms with Crippen molar-refractivity contribution in [1.82, 2.24) is 0 Å². The van der Waals surface area contributed by atoms with Crippen LogP contribution < -0.4 is 0 Å². The first kappa shape index (κ1) is 12.7. The zero-order valence-corrected chi connectivity index (χ0v) is 12.2. The summed E-state index contributed by atoms with van der Waals surface area (Å²) in [7, 11) is 0. The monoisotopic (exact) mass is 295 g/mol. The zero-order chi connectivity index (χ0) is 14.8. The number of hydrogen-bond donors (Lipinski definition) is 0. The molecule has 0 N–H and O–H groups in total. The van der Waals surface area contributed by atoms with Gasteiger partial charge in [-0.05, 0) is 17.5 Å². The molecule has 0 bridgehead atoms. The smallest absolute Gasteiger partial charge is 0.194 e. The lowest BCUT2D eigenvalue weighted by atomic mass is 9.55. The lowest BCUT2D eigenvalue weighted by Gasteiger charge is -2.49. The molecule has 5 rings (SSSR count). The second-order valence-electron chi connectivity index (χ2n) is 6.62. The molecule has 1 spiro atoms. The topological polar surface area (TPSA) is 51.5 Å². The number of benzene rings is 1. The Morgan fingerprint density at radius 1 is 1.14 bits per heavy atom. The summed E-state index contributed by atoms with van der Waals surface area (Å²) in [6, 6.07) is 11.0. The maximum atomic E-state index is 10.1. The van der Waals surface area contributed by atoms with Crippen molar-refractivity contribution in [2.75, 3.05) is 13.2 Å². The van der Waals surface area contributed by atoms with Gasteiger partial charge < -0.3 is 14.2 Å². The number of rotatable bonds is 0. The van der Waals surface area contributed by atoms with Crippen molar-refractivity contribution < 1.29 is 14.2 Å². The van der Waals surface area contributed by atoms with E-state index in [-0.39, 0.29) is 12.0 Å². The van der Waals surface area contributed by atoms with Gasteiger partial charge in [0.2, 0.25) is 0 Å². The van der Waals surface area contributed by atoms with Crippen LogP contribution in [0.15, 0.2) is 36.1 Å². The van der Waals surface area contributed by atoms with Crippen LogP contribution in [0.4, 0.5) is 0 Å². The molecule has 4 nitrogen and oxygen atoms in total. The van der Waals surface area contributed by atoms with Crippen LogP contribution in [0.2, 0.25) is 0 Å². The minimum atomic E-state index is -0.647. The third-order valence-electron chi connectivity index (χ3n) is 5.77. The van der Waals surface area contributed by atoms with Crippen LogP contribution in [0.5, 0.6) is 0 Å². The molecule has 2 aliphatic carbocycles. The Kier molecular flexibility index (Phi) is 2.38. The fraction of sp³-hybridized carbons (Fsp3) is 0.500. The van der Waals surface area contributed by atoms with Gasteiger partial charge in [0.15, 0.2) is 5.79 Å². The largest absolute Gasteiger partial charge is 0.497 e. The Balaban J connectivity index is 1.70. The Hall–Kier alpha value is -1.83. The first-order chi connectivity index (χ1) is 10.8. The minimum Gasteiger partial charge on any atom is -0.497 e. The molecule has 112 valence electrons. The van der Waals surface area contributed by atoms with Gasteiger partial charge in [-0.2, -0.15) is 5.26 Å². The molecule has 1 saturated carbocycles. The van der Waals surface area contributed by atoms with E-state index in [0.717, 1.165) is 18.4 Å². The van der Waals surface area contributed by atoms with E-state index in [4.69, 9.17) is 14.2 Å². The van der Waals surface area contributed by atoms with Crippen molar-refractivity contribution in [3.8, 4) is 6.07 Å². The Morgan fingerprint density at radius 2 is 1.95 bits per heavy atom. The van der Waals surface area contributed by atoms with E-state index in [1.165, 1.54) is 11.1 Å². The van der Waals surface area contributed by atoms with Gasteiger partial charge in [-0.3, -0.25) is 0 Å². The van der Waals surface area contributed by atoms with Gasteiger partial charge in [-0.25, -0.2) is 0 Å². The van der Waals surface area contributed by atoms with E-state index in [9.17, 15) is 5.26 Å². The Bertz CT molecular complexity index is 713. The fourth-order valence-electron chi connectivity index (χ4n) is 4.85. The number of nitrogens with zero attached hydrogens (tertiary/aromatic N) is 1. The van der Waals surface area contributed by atoms with Crippen molar-refractivity contribution >= 4 is 0 Å². The SMILES string of the molecule is N#C[C@]12CCC3(OCCO3)C3=CO[C@H](Cc4ccccc41)[C@@H]32. The first-order valence-corrected chi connectivity index (χ1v) is 7.93. The van der Waals surface area contributed by atoms with E-state index >= 15 is 0 Å². The second-order valence-corrected chi connectivity index (χ2v) is 6.62. The molecule has 22 heavy (non-hydrogen) atoms. The standard InChI is InChI=1S/C18H17NO3/c19-11-17-5-6-18(21-7-8-22-18)14-10-20-15(16(14)17)9-12-3-1-2-4-13(12)17/h1-4,10,15-16H,5-9H2/t15-,16-,17-/m1/s1. The van der Waals surface area contributed by atoms with Crippen molar-refractivity contribution in [1.29, 1.82) is 5.26 Å². The minimum absolute atomic E-state index is 0.0227. The molecule has 4 aliphatic rings. The molecular formula is C18H17NO3. The van der Waals surface area contributed by atoms with Crippen LogP contribution in [-0.2, 0) is 26.0 Å². The molecule has 2 fully saturated rings. The van der Waals surface area contributed by atoms with E-state index in [2.05, 4.69) is 18.2 Å². The van der Waals surface area contributed by atoms with Crippen LogP contribution in [-0.4, -0.2) is 25.1 Å². The Labute approximate surface area is 129 Å². The molecule has 4 heteroatoms. The quantitative estimate of drug-likeness (QED) is 0.737. The third-order valence-corrected chi connectivity index (χ3v) is 5.77. The molecule has 1 aromatic carbocycles. The number of nitriles is 1. The predicted molar refractivity (Wildman–Crippen MR) is 77.8 cm³/mol. The molecule has 3 atom stereocenters. The van der Waals surface area contributed by atoms with Crippen LogP contribution >= 0.6 is 0 Å². The molecule has 0 radical (unpaired) electrons. The van der Waals surface area contributed by atoms with Gasteiger partial charge in [0, 0.05) is 24.3 Å². The van der Waals surface area contributed by atoms with Gasteiger partial charge >= 0.3 is 0 Å². The van der Waals surface area contributed by atoms with Crippen molar-refractivity contribution in [2.24, 2.45) is 5.92 Å². The fourth-order valence-corrected chi connectivity index (χ4v) is 4.85. The van der Waals surface area contributed by atoms with E-state index in [1.807, 2.05) is 18.4 Å². The summed E-state index contributed by atoms with van der Waals surface area (Å²) in [5.74, 6) is -0.606. The third kappa shape index (κ3) is 1.34. The highest BCUT2D eigenvalue weighted by Gasteiger charge is 2.63. The molecule has 0 unspecified atom stereocenters. The average Bonchev–Trinajstić information content (AvgIpc) is 3.19. The van der Waals surface area contributed by atoms with Gasteiger partial charge in [0.25, 0.3) is 0 Å². The van der Waals surface area contributed by atoms with Gasteiger partial charge in [-0.1, -0.05) is 24.3 Å². The van der Waals surface area contributed by atoms with Crippen molar-refractivity contribution in [3.05, 3.63) is 47.2 Å². The lowest BCUT2D eigenvalue weighted by Crippen LogP contribution is -2.54. The molecule has 1 aromatic rings. The first-order valence-electron chi connectivity index (χ1n) is 7.93.